The minimum absolute atomic E-state index is 0.0682. The van der Waals surface area contributed by atoms with Gasteiger partial charge in [0, 0.05) is 11.1 Å². The molecule has 0 saturated heterocycles. The molecule has 0 unspecified atom stereocenters. The predicted octanol–water partition coefficient (Wildman–Crippen LogP) is 2.05. The Kier molecular flexibility index (Phi) is 2.37. The summed E-state index contributed by atoms with van der Waals surface area (Å²) in [7, 11) is 0. The SMILES string of the molecule is Cc1nc(-c2ccccc2)c(C)c(=O)[nH]1. The average molecular weight is 200 g/mol. The molecule has 76 valence electrons. The topological polar surface area (TPSA) is 45.8 Å². The van der Waals surface area contributed by atoms with Crippen molar-refractivity contribution in [2.75, 3.05) is 0 Å². The minimum Gasteiger partial charge on any atom is -0.311 e. The van der Waals surface area contributed by atoms with Crippen molar-refractivity contribution in [1.82, 2.24) is 9.97 Å². The van der Waals surface area contributed by atoms with Crippen molar-refractivity contribution >= 4 is 0 Å². The molecule has 1 aromatic heterocycles. The van der Waals surface area contributed by atoms with Crippen LogP contribution in [0.5, 0.6) is 0 Å². The Balaban J connectivity index is 2.68. The first-order valence-electron chi connectivity index (χ1n) is 4.81. The van der Waals surface area contributed by atoms with Crippen molar-refractivity contribution in [1.29, 1.82) is 0 Å². The number of aromatic nitrogens is 2. The Morgan fingerprint density at radius 3 is 2.47 bits per heavy atom. The van der Waals surface area contributed by atoms with E-state index in [1.165, 1.54) is 0 Å². The molecule has 1 heterocycles. The molecule has 2 rings (SSSR count). The zero-order valence-electron chi connectivity index (χ0n) is 8.74. The van der Waals surface area contributed by atoms with Crippen LogP contribution in [0.1, 0.15) is 11.4 Å². The third-order valence-electron chi connectivity index (χ3n) is 2.32. The quantitative estimate of drug-likeness (QED) is 0.765. The van der Waals surface area contributed by atoms with E-state index in [1.807, 2.05) is 30.3 Å². The van der Waals surface area contributed by atoms with Crippen LogP contribution in [0.25, 0.3) is 11.3 Å². The van der Waals surface area contributed by atoms with E-state index in [-0.39, 0.29) is 5.56 Å². The molecule has 2 aromatic rings. The fraction of sp³-hybridized carbons (Fsp3) is 0.167. The summed E-state index contributed by atoms with van der Waals surface area (Å²) in [6.07, 6.45) is 0. The van der Waals surface area contributed by atoms with Gasteiger partial charge < -0.3 is 4.98 Å². The number of hydrogen-bond acceptors (Lipinski definition) is 2. The van der Waals surface area contributed by atoms with Crippen molar-refractivity contribution in [3.05, 3.63) is 52.1 Å². The molecule has 1 N–H and O–H groups in total. The zero-order chi connectivity index (χ0) is 10.8. The molecule has 15 heavy (non-hydrogen) atoms. The summed E-state index contributed by atoms with van der Waals surface area (Å²) >= 11 is 0. The first kappa shape index (κ1) is 9.65. The number of aryl methyl sites for hydroxylation is 1. The second-order valence-corrected chi connectivity index (χ2v) is 3.49. The van der Waals surface area contributed by atoms with E-state index in [9.17, 15) is 4.79 Å². The first-order valence-corrected chi connectivity index (χ1v) is 4.81. The maximum atomic E-state index is 11.5. The molecule has 0 aliphatic rings. The highest BCUT2D eigenvalue weighted by Gasteiger charge is 2.06. The van der Waals surface area contributed by atoms with Crippen LogP contribution in [0.15, 0.2) is 35.1 Å². The lowest BCUT2D eigenvalue weighted by atomic mass is 10.1. The van der Waals surface area contributed by atoms with Crippen LogP contribution in [0.4, 0.5) is 0 Å². The lowest BCUT2D eigenvalue weighted by molar-refractivity contribution is 0.999. The number of rotatable bonds is 1. The molecule has 1 aromatic carbocycles. The largest absolute Gasteiger partial charge is 0.311 e. The summed E-state index contributed by atoms with van der Waals surface area (Å²) in [5.74, 6) is 0.643. The Morgan fingerprint density at radius 2 is 1.80 bits per heavy atom. The van der Waals surface area contributed by atoms with Crippen LogP contribution >= 0.6 is 0 Å². The number of H-pyrrole nitrogens is 1. The number of benzene rings is 1. The smallest absolute Gasteiger partial charge is 0.254 e. The van der Waals surface area contributed by atoms with Gasteiger partial charge in [-0.3, -0.25) is 4.79 Å². The highest BCUT2D eigenvalue weighted by atomic mass is 16.1. The van der Waals surface area contributed by atoms with Crippen molar-refractivity contribution < 1.29 is 0 Å². The number of nitrogens with one attached hydrogen (secondary N) is 1. The van der Waals surface area contributed by atoms with Crippen LogP contribution in [-0.2, 0) is 0 Å². The summed E-state index contributed by atoms with van der Waals surface area (Å²) in [6.45, 7) is 3.57. The molecule has 3 nitrogen and oxygen atoms in total. The molecule has 3 heteroatoms. The van der Waals surface area contributed by atoms with E-state index in [1.54, 1.807) is 13.8 Å². The summed E-state index contributed by atoms with van der Waals surface area (Å²) in [5, 5.41) is 0. The van der Waals surface area contributed by atoms with E-state index in [2.05, 4.69) is 9.97 Å². The number of nitrogens with zero attached hydrogens (tertiary/aromatic N) is 1. The second-order valence-electron chi connectivity index (χ2n) is 3.49. The summed E-state index contributed by atoms with van der Waals surface area (Å²) < 4.78 is 0. The van der Waals surface area contributed by atoms with Gasteiger partial charge in [-0.25, -0.2) is 4.98 Å². The first-order chi connectivity index (χ1) is 7.18. The third kappa shape index (κ3) is 1.81. The summed E-state index contributed by atoms with van der Waals surface area (Å²) in [4.78, 5) is 18.6. The van der Waals surface area contributed by atoms with E-state index in [0.717, 1.165) is 11.3 Å². The van der Waals surface area contributed by atoms with Crippen molar-refractivity contribution in [2.24, 2.45) is 0 Å². The third-order valence-corrected chi connectivity index (χ3v) is 2.32. The van der Waals surface area contributed by atoms with Gasteiger partial charge in [-0.2, -0.15) is 0 Å². The van der Waals surface area contributed by atoms with Crippen molar-refractivity contribution in [3.8, 4) is 11.3 Å². The maximum absolute atomic E-state index is 11.5. The summed E-state index contributed by atoms with van der Waals surface area (Å²) in [5.41, 5.74) is 2.33. The molecule has 0 radical (unpaired) electrons. The average Bonchev–Trinajstić information content (AvgIpc) is 2.24. The Hall–Kier alpha value is -1.90. The second kappa shape index (κ2) is 3.69. The van der Waals surface area contributed by atoms with Gasteiger partial charge in [0.05, 0.1) is 5.69 Å². The number of aromatic amines is 1. The molecule has 0 amide bonds. The van der Waals surface area contributed by atoms with Crippen LogP contribution in [0.3, 0.4) is 0 Å². The van der Waals surface area contributed by atoms with Crippen molar-refractivity contribution in [3.63, 3.8) is 0 Å². The lowest BCUT2D eigenvalue weighted by Crippen LogP contribution is -2.14. The molecule has 0 aliphatic heterocycles. The molecular weight excluding hydrogens is 188 g/mol. The molecule has 0 atom stereocenters. The standard InChI is InChI=1S/C12H12N2O/c1-8-11(10-6-4-3-5-7-10)13-9(2)14-12(8)15/h3-7H,1-2H3,(H,13,14,15). The molecule has 0 bridgehead atoms. The molecule has 0 saturated carbocycles. The van der Waals surface area contributed by atoms with Gasteiger partial charge in [-0.05, 0) is 13.8 Å². The van der Waals surface area contributed by atoms with E-state index in [0.29, 0.717) is 11.4 Å². The minimum atomic E-state index is -0.0682. The van der Waals surface area contributed by atoms with Gasteiger partial charge in [-0.1, -0.05) is 30.3 Å². The normalized spacial score (nSPS) is 10.3. The molecule has 0 aliphatic carbocycles. The fourth-order valence-electron chi connectivity index (χ4n) is 1.52. The summed E-state index contributed by atoms with van der Waals surface area (Å²) in [6, 6.07) is 9.72. The van der Waals surface area contributed by atoms with Gasteiger partial charge in [-0.15, -0.1) is 0 Å². The van der Waals surface area contributed by atoms with Gasteiger partial charge in [0.1, 0.15) is 5.82 Å². The van der Waals surface area contributed by atoms with Crippen LogP contribution in [0, 0.1) is 13.8 Å². The van der Waals surface area contributed by atoms with Crippen molar-refractivity contribution in [2.45, 2.75) is 13.8 Å². The fourth-order valence-corrected chi connectivity index (χ4v) is 1.52. The Bertz CT molecular complexity index is 529. The lowest BCUT2D eigenvalue weighted by Gasteiger charge is -2.04. The van der Waals surface area contributed by atoms with E-state index < -0.39 is 0 Å². The maximum Gasteiger partial charge on any atom is 0.254 e. The van der Waals surface area contributed by atoms with Crippen LogP contribution in [-0.4, -0.2) is 9.97 Å². The monoisotopic (exact) mass is 200 g/mol. The highest BCUT2D eigenvalue weighted by molar-refractivity contribution is 5.61. The van der Waals surface area contributed by atoms with Gasteiger partial charge in [0.15, 0.2) is 0 Å². The van der Waals surface area contributed by atoms with Crippen LogP contribution in [0.2, 0.25) is 0 Å². The zero-order valence-corrected chi connectivity index (χ0v) is 8.74. The highest BCUT2D eigenvalue weighted by Crippen LogP contribution is 2.17. The number of hydrogen-bond donors (Lipinski definition) is 1. The van der Waals surface area contributed by atoms with Gasteiger partial charge in [0.2, 0.25) is 0 Å². The van der Waals surface area contributed by atoms with E-state index in [4.69, 9.17) is 0 Å². The molecular formula is C12H12N2O. The Morgan fingerprint density at radius 1 is 1.13 bits per heavy atom. The van der Waals surface area contributed by atoms with Gasteiger partial charge >= 0.3 is 0 Å². The van der Waals surface area contributed by atoms with Crippen LogP contribution < -0.4 is 5.56 Å². The predicted molar refractivity (Wildman–Crippen MR) is 59.8 cm³/mol. The molecule has 0 spiro atoms. The van der Waals surface area contributed by atoms with Gasteiger partial charge in [0.25, 0.3) is 5.56 Å². The van der Waals surface area contributed by atoms with E-state index >= 15 is 0 Å². The molecule has 0 fully saturated rings. The Labute approximate surface area is 87.8 Å².